The molecule has 1 aliphatic carbocycles. The van der Waals surface area contributed by atoms with Gasteiger partial charge in [-0.3, -0.25) is 9.89 Å². The van der Waals surface area contributed by atoms with Gasteiger partial charge in [-0.1, -0.05) is 18.2 Å². The Balaban J connectivity index is 1.99. The molecular formula is C15H16N2O2. The van der Waals surface area contributed by atoms with Crippen LogP contribution >= 0.6 is 0 Å². The number of para-hydroxylation sites is 1. The number of aromatic amines is 1. The average molecular weight is 256 g/mol. The van der Waals surface area contributed by atoms with E-state index in [2.05, 4.69) is 10.2 Å². The molecule has 1 N–H and O–H groups in total. The largest absolute Gasteiger partial charge is 0.496 e. The number of hydrogen-bond donors (Lipinski definition) is 1. The van der Waals surface area contributed by atoms with Crippen LogP contribution in [0.15, 0.2) is 24.3 Å². The van der Waals surface area contributed by atoms with Crippen LogP contribution in [0.2, 0.25) is 0 Å². The third-order valence-corrected chi connectivity index (χ3v) is 3.75. The monoisotopic (exact) mass is 256 g/mol. The van der Waals surface area contributed by atoms with Crippen LogP contribution in [0.5, 0.6) is 5.75 Å². The lowest BCUT2D eigenvalue weighted by Crippen LogP contribution is -2.19. The minimum atomic E-state index is 0.152. The molecule has 0 saturated carbocycles. The lowest BCUT2D eigenvalue weighted by atomic mass is 9.81. The predicted octanol–water partition coefficient (Wildman–Crippen LogP) is 2.64. The maximum Gasteiger partial charge on any atom is 0.167 e. The number of H-pyrrole nitrogens is 1. The molecule has 4 heteroatoms. The molecule has 0 spiro atoms. The van der Waals surface area contributed by atoms with E-state index in [0.29, 0.717) is 6.42 Å². The minimum absolute atomic E-state index is 0.152. The summed E-state index contributed by atoms with van der Waals surface area (Å²) in [4.78, 5) is 12.3. The first-order chi connectivity index (χ1) is 9.20. The molecule has 0 bridgehead atoms. The van der Waals surface area contributed by atoms with E-state index in [9.17, 15) is 4.79 Å². The highest BCUT2D eigenvalue weighted by Crippen LogP contribution is 2.36. The predicted molar refractivity (Wildman–Crippen MR) is 71.7 cm³/mol. The number of ether oxygens (including phenoxy) is 1. The van der Waals surface area contributed by atoms with Gasteiger partial charge in [0.2, 0.25) is 0 Å². The maximum atomic E-state index is 12.3. The number of Topliss-reactive ketones (excluding diaryl/α,β-unsaturated/α-hetero) is 1. The molecule has 0 fully saturated rings. The standard InChI is InChI=1S/C15H16N2O2/c1-9-15-12(17-16-9)7-10(8-13(15)18)11-5-3-4-6-14(11)19-2/h3-6,10H,7-8H2,1-2H3,(H,16,17)/t10-/m0/s1. The van der Waals surface area contributed by atoms with Crippen molar-refractivity contribution in [1.29, 1.82) is 0 Å². The van der Waals surface area contributed by atoms with Gasteiger partial charge in [-0.05, 0) is 25.0 Å². The summed E-state index contributed by atoms with van der Waals surface area (Å²) in [7, 11) is 1.66. The van der Waals surface area contributed by atoms with Crippen molar-refractivity contribution >= 4 is 5.78 Å². The number of hydrogen-bond acceptors (Lipinski definition) is 3. The fourth-order valence-corrected chi connectivity index (χ4v) is 2.85. The molecule has 1 aliphatic rings. The quantitative estimate of drug-likeness (QED) is 0.898. The van der Waals surface area contributed by atoms with Gasteiger partial charge in [-0.15, -0.1) is 0 Å². The Bertz CT molecular complexity index is 631. The first-order valence-corrected chi connectivity index (χ1v) is 6.40. The van der Waals surface area contributed by atoms with E-state index in [4.69, 9.17) is 4.74 Å². The van der Waals surface area contributed by atoms with Gasteiger partial charge < -0.3 is 4.74 Å². The fraction of sp³-hybridized carbons (Fsp3) is 0.333. The van der Waals surface area contributed by atoms with Gasteiger partial charge in [0.05, 0.1) is 18.4 Å². The van der Waals surface area contributed by atoms with Gasteiger partial charge in [0.15, 0.2) is 5.78 Å². The SMILES string of the molecule is COc1ccccc1[C@@H]1CC(=O)c2c(n[nH]c2C)C1. The second kappa shape index (κ2) is 4.53. The summed E-state index contributed by atoms with van der Waals surface area (Å²) in [5, 5.41) is 7.16. The van der Waals surface area contributed by atoms with Crippen LogP contribution in [-0.4, -0.2) is 23.1 Å². The van der Waals surface area contributed by atoms with Crippen molar-refractivity contribution in [3.05, 3.63) is 46.8 Å². The third-order valence-electron chi connectivity index (χ3n) is 3.75. The summed E-state index contributed by atoms with van der Waals surface area (Å²) in [6, 6.07) is 7.89. The van der Waals surface area contributed by atoms with Gasteiger partial charge >= 0.3 is 0 Å². The van der Waals surface area contributed by atoms with Gasteiger partial charge in [-0.25, -0.2) is 0 Å². The Hall–Kier alpha value is -2.10. The van der Waals surface area contributed by atoms with E-state index in [1.807, 2.05) is 31.2 Å². The summed E-state index contributed by atoms with van der Waals surface area (Å²) in [5.41, 5.74) is 3.62. The lowest BCUT2D eigenvalue weighted by molar-refractivity contribution is 0.0963. The highest BCUT2D eigenvalue weighted by Gasteiger charge is 2.31. The smallest absolute Gasteiger partial charge is 0.167 e. The van der Waals surface area contributed by atoms with Gasteiger partial charge in [0.25, 0.3) is 0 Å². The molecule has 1 heterocycles. The molecule has 1 aromatic heterocycles. The van der Waals surface area contributed by atoms with E-state index in [-0.39, 0.29) is 11.7 Å². The molecule has 0 aliphatic heterocycles. The molecular weight excluding hydrogens is 240 g/mol. The number of aromatic nitrogens is 2. The Kier molecular flexibility index (Phi) is 2.85. The van der Waals surface area contributed by atoms with Crippen molar-refractivity contribution in [2.24, 2.45) is 0 Å². The number of rotatable bonds is 2. The first-order valence-electron chi connectivity index (χ1n) is 6.40. The number of carbonyl (C=O) groups excluding carboxylic acids is 1. The van der Waals surface area contributed by atoms with Crippen LogP contribution in [0.4, 0.5) is 0 Å². The topological polar surface area (TPSA) is 55.0 Å². The zero-order chi connectivity index (χ0) is 13.4. The van der Waals surface area contributed by atoms with E-state index in [0.717, 1.165) is 34.7 Å². The number of methoxy groups -OCH3 is 1. The molecule has 0 radical (unpaired) electrons. The number of aryl methyl sites for hydroxylation is 1. The van der Waals surface area contributed by atoms with Crippen LogP contribution in [0.1, 0.15) is 39.6 Å². The molecule has 0 unspecified atom stereocenters. The van der Waals surface area contributed by atoms with Gasteiger partial charge in [-0.2, -0.15) is 5.10 Å². The number of carbonyl (C=O) groups is 1. The molecule has 98 valence electrons. The molecule has 0 amide bonds. The highest BCUT2D eigenvalue weighted by molar-refractivity contribution is 5.99. The Labute approximate surface area is 111 Å². The molecule has 19 heavy (non-hydrogen) atoms. The molecule has 3 rings (SSSR count). The van der Waals surface area contributed by atoms with Crippen LogP contribution in [0.3, 0.4) is 0 Å². The van der Waals surface area contributed by atoms with Crippen molar-refractivity contribution in [2.45, 2.75) is 25.7 Å². The lowest BCUT2D eigenvalue weighted by Gasteiger charge is -2.22. The zero-order valence-corrected chi connectivity index (χ0v) is 11.1. The molecule has 1 aromatic carbocycles. The molecule has 4 nitrogen and oxygen atoms in total. The number of nitrogens with zero attached hydrogens (tertiary/aromatic N) is 1. The van der Waals surface area contributed by atoms with Crippen LogP contribution in [-0.2, 0) is 6.42 Å². The van der Waals surface area contributed by atoms with Gasteiger partial charge in [0.1, 0.15) is 5.75 Å². The summed E-state index contributed by atoms with van der Waals surface area (Å²) in [6.07, 6.45) is 1.31. The summed E-state index contributed by atoms with van der Waals surface area (Å²) < 4.78 is 5.39. The average Bonchev–Trinajstić information content (AvgIpc) is 2.80. The number of fused-ring (bicyclic) bond motifs is 1. The van der Waals surface area contributed by atoms with Crippen molar-refractivity contribution in [3.63, 3.8) is 0 Å². The van der Waals surface area contributed by atoms with E-state index in [1.165, 1.54) is 0 Å². The summed E-state index contributed by atoms with van der Waals surface area (Å²) in [6.45, 7) is 1.90. The van der Waals surface area contributed by atoms with Gasteiger partial charge in [0, 0.05) is 18.0 Å². The Morgan fingerprint density at radius 2 is 2.11 bits per heavy atom. The third kappa shape index (κ3) is 1.93. The van der Waals surface area contributed by atoms with Crippen LogP contribution in [0, 0.1) is 6.92 Å². The van der Waals surface area contributed by atoms with Crippen LogP contribution in [0.25, 0.3) is 0 Å². The molecule has 2 aromatic rings. The number of ketones is 1. The minimum Gasteiger partial charge on any atom is -0.496 e. The van der Waals surface area contributed by atoms with E-state index in [1.54, 1.807) is 7.11 Å². The Morgan fingerprint density at radius 3 is 2.89 bits per heavy atom. The second-order valence-electron chi connectivity index (χ2n) is 4.94. The number of nitrogens with one attached hydrogen (secondary N) is 1. The molecule has 0 saturated heterocycles. The Morgan fingerprint density at radius 1 is 1.32 bits per heavy atom. The fourth-order valence-electron chi connectivity index (χ4n) is 2.85. The van der Waals surface area contributed by atoms with Crippen molar-refractivity contribution in [2.75, 3.05) is 7.11 Å². The van der Waals surface area contributed by atoms with Crippen molar-refractivity contribution < 1.29 is 9.53 Å². The molecule has 1 atom stereocenters. The highest BCUT2D eigenvalue weighted by atomic mass is 16.5. The van der Waals surface area contributed by atoms with Crippen molar-refractivity contribution in [1.82, 2.24) is 10.2 Å². The number of benzene rings is 1. The van der Waals surface area contributed by atoms with Crippen molar-refractivity contribution in [3.8, 4) is 5.75 Å². The summed E-state index contributed by atoms with van der Waals surface area (Å²) >= 11 is 0. The summed E-state index contributed by atoms with van der Waals surface area (Å²) in [5.74, 6) is 1.17. The normalized spacial score (nSPS) is 18.2. The van der Waals surface area contributed by atoms with E-state index >= 15 is 0 Å². The zero-order valence-electron chi connectivity index (χ0n) is 11.1. The van der Waals surface area contributed by atoms with Crippen LogP contribution < -0.4 is 4.74 Å². The second-order valence-corrected chi connectivity index (χ2v) is 4.94. The van der Waals surface area contributed by atoms with E-state index < -0.39 is 0 Å². The maximum absolute atomic E-state index is 12.3. The first kappa shape index (κ1) is 12.0.